The molecule has 0 aromatic heterocycles. The Bertz CT molecular complexity index is 627. The molecule has 0 saturated carbocycles. The van der Waals surface area contributed by atoms with Gasteiger partial charge < -0.3 is 14.6 Å². The van der Waals surface area contributed by atoms with Gasteiger partial charge in [0, 0.05) is 11.1 Å². The Morgan fingerprint density at radius 1 is 1.30 bits per heavy atom. The zero-order chi connectivity index (χ0) is 14.1. The number of rotatable bonds is 3. The topological polar surface area (TPSA) is 38.7 Å². The van der Waals surface area contributed by atoms with Crippen molar-refractivity contribution in [2.24, 2.45) is 0 Å². The molecule has 4 heteroatoms. The summed E-state index contributed by atoms with van der Waals surface area (Å²) in [6.45, 7) is 0.375. The molecule has 3 rings (SSSR count). The fraction of sp³-hybridized carbons (Fsp3) is 0.250. The first-order valence-electron chi connectivity index (χ1n) is 6.44. The largest absolute Gasteiger partial charge is 0.496 e. The minimum Gasteiger partial charge on any atom is -0.496 e. The third kappa shape index (κ3) is 2.12. The van der Waals surface area contributed by atoms with Crippen LogP contribution in [0.25, 0.3) is 0 Å². The van der Waals surface area contributed by atoms with Crippen molar-refractivity contribution < 1.29 is 19.0 Å². The molecule has 20 heavy (non-hydrogen) atoms. The van der Waals surface area contributed by atoms with E-state index in [1.807, 2.05) is 24.3 Å². The van der Waals surface area contributed by atoms with Crippen LogP contribution in [-0.2, 0) is 0 Å². The summed E-state index contributed by atoms with van der Waals surface area (Å²) >= 11 is 0. The quantitative estimate of drug-likeness (QED) is 0.935. The van der Waals surface area contributed by atoms with Crippen LogP contribution < -0.4 is 9.47 Å². The van der Waals surface area contributed by atoms with Crippen molar-refractivity contribution in [3.05, 3.63) is 59.4 Å². The van der Waals surface area contributed by atoms with E-state index in [9.17, 15) is 9.50 Å². The SMILES string of the molecule is COc1ccc(F)cc1C(O)C1COc2ccccc21. The fourth-order valence-corrected chi connectivity index (χ4v) is 2.60. The first kappa shape index (κ1) is 12.9. The molecule has 0 amide bonds. The first-order valence-corrected chi connectivity index (χ1v) is 6.44. The molecule has 0 aliphatic carbocycles. The van der Waals surface area contributed by atoms with E-state index in [1.165, 1.54) is 25.3 Å². The Morgan fingerprint density at radius 3 is 2.90 bits per heavy atom. The second kappa shape index (κ2) is 5.13. The highest BCUT2D eigenvalue weighted by atomic mass is 19.1. The lowest BCUT2D eigenvalue weighted by Crippen LogP contribution is -2.13. The zero-order valence-electron chi connectivity index (χ0n) is 11.0. The van der Waals surface area contributed by atoms with E-state index in [4.69, 9.17) is 9.47 Å². The van der Waals surface area contributed by atoms with E-state index in [1.54, 1.807) is 0 Å². The molecular weight excluding hydrogens is 259 g/mol. The predicted molar refractivity (Wildman–Crippen MR) is 72.6 cm³/mol. The van der Waals surface area contributed by atoms with Gasteiger partial charge in [-0.05, 0) is 24.3 Å². The molecule has 2 unspecified atom stereocenters. The van der Waals surface area contributed by atoms with Gasteiger partial charge in [0.2, 0.25) is 0 Å². The normalized spacial score (nSPS) is 18.2. The highest BCUT2D eigenvalue weighted by molar-refractivity contribution is 5.44. The number of hydrogen-bond donors (Lipinski definition) is 1. The molecule has 0 fully saturated rings. The van der Waals surface area contributed by atoms with Crippen molar-refractivity contribution in [2.75, 3.05) is 13.7 Å². The van der Waals surface area contributed by atoms with Gasteiger partial charge in [-0.25, -0.2) is 4.39 Å². The summed E-state index contributed by atoms with van der Waals surface area (Å²) in [6.07, 6.45) is -0.871. The van der Waals surface area contributed by atoms with Gasteiger partial charge >= 0.3 is 0 Å². The second-order valence-electron chi connectivity index (χ2n) is 4.79. The van der Waals surface area contributed by atoms with Gasteiger partial charge in [-0.15, -0.1) is 0 Å². The summed E-state index contributed by atoms with van der Waals surface area (Å²) in [7, 11) is 1.50. The van der Waals surface area contributed by atoms with Gasteiger partial charge in [0.15, 0.2) is 0 Å². The molecule has 0 bridgehead atoms. The van der Waals surface area contributed by atoms with Crippen LogP contribution in [0.15, 0.2) is 42.5 Å². The minimum atomic E-state index is -0.871. The molecule has 1 heterocycles. The second-order valence-corrected chi connectivity index (χ2v) is 4.79. The highest BCUT2D eigenvalue weighted by Gasteiger charge is 2.32. The van der Waals surface area contributed by atoms with Crippen LogP contribution >= 0.6 is 0 Å². The first-order chi connectivity index (χ1) is 9.70. The van der Waals surface area contributed by atoms with Crippen molar-refractivity contribution in [2.45, 2.75) is 12.0 Å². The summed E-state index contributed by atoms with van der Waals surface area (Å²) in [4.78, 5) is 0. The summed E-state index contributed by atoms with van der Waals surface area (Å²) in [5.41, 5.74) is 1.38. The van der Waals surface area contributed by atoms with Crippen LogP contribution in [0.4, 0.5) is 4.39 Å². The molecular formula is C16H15FO3. The number of ether oxygens (including phenoxy) is 2. The van der Waals surface area contributed by atoms with E-state index < -0.39 is 11.9 Å². The van der Waals surface area contributed by atoms with E-state index in [0.29, 0.717) is 17.9 Å². The third-order valence-electron chi connectivity index (χ3n) is 3.63. The molecule has 2 aromatic carbocycles. The van der Waals surface area contributed by atoms with Crippen molar-refractivity contribution >= 4 is 0 Å². The van der Waals surface area contributed by atoms with E-state index in [2.05, 4.69) is 0 Å². The van der Waals surface area contributed by atoms with Crippen LogP contribution in [0.1, 0.15) is 23.1 Å². The lowest BCUT2D eigenvalue weighted by atomic mass is 9.90. The minimum absolute atomic E-state index is 0.220. The Morgan fingerprint density at radius 2 is 2.10 bits per heavy atom. The number of benzene rings is 2. The van der Waals surface area contributed by atoms with Crippen LogP contribution in [0.5, 0.6) is 11.5 Å². The van der Waals surface area contributed by atoms with Crippen LogP contribution in [0, 0.1) is 5.82 Å². The fourth-order valence-electron chi connectivity index (χ4n) is 2.60. The van der Waals surface area contributed by atoms with E-state index in [0.717, 1.165) is 11.3 Å². The predicted octanol–water partition coefficient (Wildman–Crippen LogP) is 3.04. The lowest BCUT2D eigenvalue weighted by molar-refractivity contribution is 0.126. The number of hydrogen-bond acceptors (Lipinski definition) is 3. The van der Waals surface area contributed by atoms with Crippen LogP contribution in [-0.4, -0.2) is 18.8 Å². The molecule has 0 spiro atoms. The molecule has 1 N–H and O–H groups in total. The average Bonchev–Trinajstić information content (AvgIpc) is 2.90. The van der Waals surface area contributed by atoms with Crippen LogP contribution in [0.3, 0.4) is 0 Å². The maximum Gasteiger partial charge on any atom is 0.124 e. The molecule has 3 nitrogen and oxygen atoms in total. The van der Waals surface area contributed by atoms with Crippen molar-refractivity contribution in [1.29, 1.82) is 0 Å². The number of fused-ring (bicyclic) bond motifs is 1. The van der Waals surface area contributed by atoms with Gasteiger partial charge in [0.05, 0.1) is 25.7 Å². The van der Waals surface area contributed by atoms with Gasteiger partial charge in [0.1, 0.15) is 17.3 Å². The summed E-state index contributed by atoms with van der Waals surface area (Å²) in [5.74, 6) is 0.629. The van der Waals surface area contributed by atoms with E-state index in [-0.39, 0.29) is 5.92 Å². The number of methoxy groups -OCH3 is 1. The number of aliphatic hydroxyl groups excluding tert-OH is 1. The van der Waals surface area contributed by atoms with Crippen molar-refractivity contribution in [3.8, 4) is 11.5 Å². The molecule has 0 radical (unpaired) electrons. The van der Waals surface area contributed by atoms with Crippen molar-refractivity contribution in [3.63, 3.8) is 0 Å². The maximum atomic E-state index is 13.4. The number of halogens is 1. The monoisotopic (exact) mass is 274 g/mol. The Labute approximate surface area is 116 Å². The Balaban J connectivity index is 1.98. The molecule has 2 atom stereocenters. The van der Waals surface area contributed by atoms with Crippen molar-refractivity contribution in [1.82, 2.24) is 0 Å². The molecule has 1 aliphatic heterocycles. The highest BCUT2D eigenvalue weighted by Crippen LogP contribution is 2.43. The van der Waals surface area contributed by atoms with E-state index >= 15 is 0 Å². The van der Waals surface area contributed by atoms with Gasteiger partial charge in [0.25, 0.3) is 0 Å². The molecule has 0 saturated heterocycles. The maximum absolute atomic E-state index is 13.4. The average molecular weight is 274 g/mol. The van der Waals surface area contributed by atoms with Gasteiger partial charge in [-0.1, -0.05) is 18.2 Å². The smallest absolute Gasteiger partial charge is 0.124 e. The summed E-state index contributed by atoms with van der Waals surface area (Å²) in [6, 6.07) is 11.7. The Hall–Kier alpha value is -2.07. The van der Waals surface area contributed by atoms with Gasteiger partial charge in [-0.2, -0.15) is 0 Å². The lowest BCUT2D eigenvalue weighted by Gasteiger charge is -2.20. The van der Waals surface area contributed by atoms with Crippen LogP contribution in [0.2, 0.25) is 0 Å². The third-order valence-corrected chi connectivity index (χ3v) is 3.63. The molecule has 2 aromatic rings. The molecule has 104 valence electrons. The summed E-state index contributed by atoms with van der Waals surface area (Å²) in [5, 5.41) is 10.6. The van der Waals surface area contributed by atoms with Gasteiger partial charge in [-0.3, -0.25) is 0 Å². The molecule has 1 aliphatic rings. The summed E-state index contributed by atoms with van der Waals surface area (Å²) < 4.78 is 24.2. The zero-order valence-corrected chi connectivity index (χ0v) is 11.0. The number of para-hydroxylation sites is 1. The standard InChI is InChI=1S/C16H15FO3/c1-19-14-7-6-10(17)8-12(14)16(18)13-9-20-15-5-3-2-4-11(13)15/h2-8,13,16,18H,9H2,1H3. The Kier molecular flexibility index (Phi) is 3.32. The number of aliphatic hydroxyl groups is 1.